The van der Waals surface area contributed by atoms with E-state index in [1.807, 2.05) is 6.92 Å². The van der Waals surface area contributed by atoms with Gasteiger partial charge in [0.1, 0.15) is 6.54 Å². The van der Waals surface area contributed by atoms with E-state index in [1.165, 1.54) is 4.68 Å². The van der Waals surface area contributed by atoms with Gasteiger partial charge >= 0.3 is 6.18 Å². The van der Waals surface area contributed by atoms with Gasteiger partial charge in [0.25, 0.3) is 0 Å². The van der Waals surface area contributed by atoms with Crippen LogP contribution in [-0.2, 0) is 43.3 Å². The van der Waals surface area contributed by atoms with Crippen LogP contribution >= 0.6 is 0 Å². The molecule has 0 spiro atoms. The van der Waals surface area contributed by atoms with Crippen LogP contribution in [0.4, 0.5) is 13.2 Å². The van der Waals surface area contributed by atoms with Crippen LogP contribution in [-0.4, -0.2) is 20.8 Å². The molecule has 2 heterocycles. The van der Waals surface area contributed by atoms with Gasteiger partial charge in [-0.15, -0.1) is 0 Å². The van der Waals surface area contributed by atoms with Crippen molar-refractivity contribution >= 4 is 5.91 Å². The van der Waals surface area contributed by atoms with Gasteiger partial charge in [0.2, 0.25) is 5.91 Å². The van der Waals surface area contributed by atoms with Gasteiger partial charge in [-0.1, -0.05) is 18.5 Å². The van der Waals surface area contributed by atoms with Gasteiger partial charge in [-0.05, 0) is 32.1 Å². The maximum absolute atomic E-state index is 13.2. The highest BCUT2D eigenvalue weighted by Crippen LogP contribution is 2.35. The molecule has 3 rings (SSSR count). The van der Waals surface area contributed by atoms with E-state index in [-0.39, 0.29) is 18.7 Å². The third-order valence-electron chi connectivity index (χ3n) is 4.39. The molecule has 1 aliphatic carbocycles. The normalized spacial score (nSPS) is 14.3. The lowest BCUT2D eigenvalue weighted by molar-refractivity contribution is -0.142. The van der Waals surface area contributed by atoms with E-state index in [2.05, 4.69) is 15.6 Å². The van der Waals surface area contributed by atoms with E-state index >= 15 is 0 Å². The molecular formula is C17H21F3N4O2. The summed E-state index contributed by atoms with van der Waals surface area (Å²) in [6.45, 7) is 1.93. The largest absolute Gasteiger partial charge is 0.435 e. The molecule has 0 fully saturated rings. The van der Waals surface area contributed by atoms with Crippen LogP contribution in [0.1, 0.15) is 54.6 Å². The van der Waals surface area contributed by atoms with Gasteiger partial charge < -0.3 is 9.84 Å². The fourth-order valence-corrected chi connectivity index (χ4v) is 3.22. The fraction of sp³-hybridized carbons (Fsp3) is 0.588. The second kappa shape index (κ2) is 7.51. The van der Waals surface area contributed by atoms with Crippen LogP contribution in [0.5, 0.6) is 0 Å². The lowest BCUT2D eigenvalue weighted by Crippen LogP contribution is -2.28. The maximum Gasteiger partial charge on any atom is 0.435 e. The van der Waals surface area contributed by atoms with Crippen LogP contribution in [0.15, 0.2) is 10.6 Å². The zero-order valence-electron chi connectivity index (χ0n) is 14.5. The molecule has 6 nitrogen and oxygen atoms in total. The van der Waals surface area contributed by atoms with Crippen molar-refractivity contribution in [1.82, 2.24) is 20.3 Å². The van der Waals surface area contributed by atoms with Crippen molar-refractivity contribution in [3.63, 3.8) is 0 Å². The predicted molar refractivity (Wildman–Crippen MR) is 86.2 cm³/mol. The summed E-state index contributed by atoms with van der Waals surface area (Å²) in [6, 6.07) is 1.77. The van der Waals surface area contributed by atoms with Gasteiger partial charge in [0.05, 0.1) is 12.2 Å². The number of amides is 1. The average Bonchev–Trinajstić information content (AvgIpc) is 3.18. The van der Waals surface area contributed by atoms with Crippen LogP contribution in [0.3, 0.4) is 0 Å². The first-order valence-corrected chi connectivity index (χ1v) is 8.75. The smallest absolute Gasteiger partial charge is 0.359 e. The van der Waals surface area contributed by atoms with E-state index in [1.54, 1.807) is 6.07 Å². The zero-order valence-corrected chi connectivity index (χ0v) is 14.5. The maximum atomic E-state index is 13.2. The number of aromatic nitrogens is 3. The Bertz CT molecular complexity index is 780. The Hall–Kier alpha value is -2.32. The van der Waals surface area contributed by atoms with Gasteiger partial charge in [0.15, 0.2) is 11.5 Å². The number of rotatable bonds is 6. The standard InChI is InChI=1S/C17H21F3N4O2/c1-2-5-11-8-12(26-23-11)9-21-15(25)10-24-14-7-4-3-6-13(14)16(22-24)17(18,19)20/h8H,2-7,9-10H2,1H3,(H,21,25). The Morgan fingerprint density at radius 3 is 2.85 bits per heavy atom. The minimum Gasteiger partial charge on any atom is -0.359 e. The molecule has 1 amide bonds. The quantitative estimate of drug-likeness (QED) is 0.848. The van der Waals surface area contributed by atoms with Crippen LogP contribution in [0.2, 0.25) is 0 Å². The summed E-state index contributed by atoms with van der Waals surface area (Å²) in [4.78, 5) is 12.1. The molecule has 1 N–H and O–H groups in total. The Morgan fingerprint density at radius 1 is 1.35 bits per heavy atom. The number of carbonyl (C=O) groups is 1. The first-order chi connectivity index (χ1) is 12.4. The molecule has 0 aliphatic heterocycles. The van der Waals surface area contributed by atoms with E-state index < -0.39 is 17.8 Å². The minimum atomic E-state index is -4.50. The topological polar surface area (TPSA) is 73.0 Å². The number of alkyl halides is 3. The molecule has 0 atom stereocenters. The number of aryl methyl sites for hydroxylation is 1. The molecule has 0 unspecified atom stereocenters. The first kappa shape index (κ1) is 18.5. The molecule has 9 heteroatoms. The lowest BCUT2D eigenvalue weighted by Gasteiger charge is -2.14. The van der Waals surface area contributed by atoms with Crippen molar-refractivity contribution in [1.29, 1.82) is 0 Å². The molecule has 2 aromatic rings. The zero-order chi connectivity index (χ0) is 18.7. The van der Waals surface area contributed by atoms with E-state index in [9.17, 15) is 18.0 Å². The third kappa shape index (κ3) is 4.08. The molecule has 142 valence electrons. The Kier molecular flexibility index (Phi) is 5.33. The molecule has 26 heavy (non-hydrogen) atoms. The molecule has 0 radical (unpaired) electrons. The summed E-state index contributed by atoms with van der Waals surface area (Å²) in [5.41, 5.74) is 0.701. The van der Waals surface area contributed by atoms with Crippen molar-refractivity contribution in [3.8, 4) is 0 Å². The number of hydrogen-bond donors (Lipinski definition) is 1. The van der Waals surface area contributed by atoms with Crippen LogP contribution < -0.4 is 5.32 Å². The number of nitrogens with zero attached hydrogens (tertiary/aromatic N) is 3. The van der Waals surface area contributed by atoms with E-state index in [0.717, 1.165) is 25.0 Å². The summed E-state index contributed by atoms with van der Waals surface area (Å²) < 4.78 is 45.8. The van der Waals surface area contributed by atoms with Crippen molar-refractivity contribution in [2.75, 3.05) is 0 Å². The molecular weight excluding hydrogens is 349 g/mol. The summed E-state index contributed by atoms with van der Waals surface area (Å²) >= 11 is 0. The van der Waals surface area contributed by atoms with Crippen molar-refractivity contribution in [3.05, 3.63) is 34.5 Å². The van der Waals surface area contributed by atoms with Crippen LogP contribution in [0.25, 0.3) is 0 Å². The second-order valence-electron chi connectivity index (χ2n) is 6.45. The predicted octanol–water partition coefficient (Wildman–Crippen LogP) is 3.04. The number of carbonyl (C=O) groups excluding carboxylic acids is 1. The number of hydrogen-bond acceptors (Lipinski definition) is 4. The molecule has 0 aromatic carbocycles. The first-order valence-electron chi connectivity index (χ1n) is 8.75. The molecule has 0 saturated heterocycles. The summed E-state index contributed by atoms with van der Waals surface area (Å²) in [5.74, 6) is 0.100. The van der Waals surface area contributed by atoms with Gasteiger partial charge in [-0.25, -0.2) is 0 Å². The van der Waals surface area contributed by atoms with Gasteiger partial charge in [0, 0.05) is 17.3 Å². The number of fused-ring (bicyclic) bond motifs is 1. The number of halogens is 3. The van der Waals surface area contributed by atoms with Crippen molar-refractivity contribution in [2.24, 2.45) is 0 Å². The fourth-order valence-electron chi connectivity index (χ4n) is 3.22. The highest BCUT2D eigenvalue weighted by molar-refractivity contribution is 5.75. The summed E-state index contributed by atoms with van der Waals surface area (Å²) in [5, 5.41) is 10.2. The van der Waals surface area contributed by atoms with Crippen LogP contribution in [0, 0.1) is 0 Å². The van der Waals surface area contributed by atoms with Gasteiger partial charge in [-0.2, -0.15) is 18.3 Å². The average molecular weight is 370 g/mol. The summed E-state index contributed by atoms with van der Waals surface area (Å²) in [7, 11) is 0. The summed E-state index contributed by atoms with van der Waals surface area (Å²) in [6.07, 6.45) is -0.409. The monoisotopic (exact) mass is 370 g/mol. The molecule has 1 aliphatic rings. The highest BCUT2D eigenvalue weighted by atomic mass is 19.4. The third-order valence-corrected chi connectivity index (χ3v) is 4.39. The second-order valence-corrected chi connectivity index (χ2v) is 6.45. The SMILES string of the molecule is CCCc1cc(CNC(=O)Cn2nc(C(F)(F)F)c3c2CCCC3)on1. The van der Waals surface area contributed by atoms with E-state index in [0.29, 0.717) is 30.7 Å². The van der Waals surface area contributed by atoms with Crippen molar-refractivity contribution < 1.29 is 22.5 Å². The molecule has 2 aromatic heterocycles. The molecule has 0 bridgehead atoms. The minimum absolute atomic E-state index is 0.144. The van der Waals surface area contributed by atoms with Gasteiger partial charge in [-0.3, -0.25) is 9.48 Å². The van der Waals surface area contributed by atoms with E-state index in [4.69, 9.17) is 4.52 Å². The highest BCUT2D eigenvalue weighted by Gasteiger charge is 2.39. The molecule has 0 saturated carbocycles. The Morgan fingerprint density at radius 2 is 2.12 bits per heavy atom. The Balaban J connectivity index is 1.66. The number of nitrogens with one attached hydrogen (secondary N) is 1. The lowest BCUT2D eigenvalue weighted by atomic mass is 9.95. The van der Waals surface area contributed by atoms with Crippen molar-refractivity contribution in [2.45, 2.75) is 64.7 Å². The Labute approximate surface area is 148 Å².